The Labute approximate surface area is 189 Å². The Bertz CT molecular complexity index is 1290. The lowest BCUT2D eigenvalue weighted by Gasteiger charge is -2.12. The summed E-state index contributed by atoms with van der Waals surface area (Å²) >= 11 is 0.726. The first-order valence-corrected chi connectivity index (χ1v) is 10.2. The molecule has 1 fully saturated rings. The van der Waals surface area contributed by atoms with Crippen LogP contribution in [0.3, 0.4) is 0 Å². The van der Waals surface area contributed by atoms with Gasteiger partial charge in [0, 0.05) is 11.6 Å². The van der Waals surface area contributed by atoms with Crippen LogP contribution in [-0.4, -0.2) is 38.2 Å². The summed E-state index contributed by atoms with van der Waals surface area (Å²) < 4.78 is 18.7. The number of carbonyl (C=O) groups is 4. The van der Waals surface area contributed by atoms with E-state index in [2.05, 4.69) is 0 Å². The van der Waals surface area contributed by atoms with Gasteiger partial charge in [0.2, 0.25) is 0 Å². The minimum absolute atomic E-state index is 0.00830. The van der Waals surface area contributed by atoms with Crippen molar-refractivity contribution in [3.05, 3.63) is 87.8 Å². The maximum atomic E-state index is 13.1. The molecule has 1 aromatic heterocycles. The Morgan fingerprint density at radius 3 is 2.21 bits per heavy atom. The third-order valence-corrected chi connectivity index (χ3v) is 5.65. The first kappa shape index (κ1) is 22.0. The number of hydrogen-bond donors (Lipinski definition) is 2. The summed E-state index contributed by atoms with van der Waals surface area (Å²) in [6.07, 6.45) is 1.37. The van der Waals surface area contributed by atoms with Gasteiger partial charge in [0.1, 0.15) is 17.3 Å². The normalized spacial score (nSPS) is 14.8. The SMILES string of the molecule is O=C(O)c1cc(C(=O)O)cc(-c2ccc(C=C3SC(=O)N(Cc4ccc(F)cc4)C3=O)o2)c1. The summed E-state index contributed by atoms with van der Waals surface area (Å²) in [6.45, 7) is -0.00830. The Morgan fingerprint density at radius 1 is 0.970 bits per heavy atom. The highest BCUT2D eigenvalue weighted by Gasteiger charge is 2.35. The van der Waals surface area contributed by atoms with Crippen molar-refractivity contribution < 1.29 is 38.2 Å². The number of furan rings is 1. The molecule has 0 unspecified atom stereocenters. The quantitative estimate of drug-likeness (QED) is 0.499. The molecule has 4 rings (SSSR count). The van der Waals surface area contributed by atoms with E-state index in [1.807, 2.05) is 0 Å². The van der Waals surface area contributed by atoms with Gasteiger partial charge in [0.25, 0.3) is 11.1 Å². The van der Waals surface area contributed by atoms with Crippen molar-refractivity contribution in [3.63, 3.8) is 0 Å². The van der Waals surface area contributed by atoms with Gasteiger partial charge in [-0.3, -0.25) is 14.5 Å². The topological polar surface area (TPSA) is 125 Å². The molecular formula is C23H14FNO7S. The number of rotatable bonds is 6. The summed E-state index contributed by atoms with van der Waals surface area (Å²) in [5, 5.41) is 18.0. The van der Waals surface area contributed by atoms with Crippen molar-refractivity contribution >= 4 is 40.9 Å². The van der Waals surface area contributed by atoms with Crippen LogP contribution in [0.1, 0.15) is 32.0 Å². The molecule has 0 saturated carbocycles. The van der Waals surface area contributed by atoms with Crippen LogP contribution < -0.4 is 0 Å². The molecule has 3 aromatic rings. The van der Waals surface area contributed by atoms with E-state index in [0.717, 1.165) is 22.7 Å². The Hall–Kier alpha value is -4.18. The maximum Gasteiger partial charge on any atom is 0.335 e. The zero-order valence-corrected chi connectivity index (χ0v) is 17.5. The van der Waals surface area contributed by atoms with Crippen molar-refractivity contribution in [1.29, 1.82) is 0 Å². The predicted octanol–water partition coefficient (Wildman–Crippen LogP) is 4.72. The molecule has 2 heterocycles. The van der Waals surface area contributed by atoms with Crippen LogP contribution in [0.25, 0.3) is 17.4 Å². The highest BCUT2D eigenvalue weighted by Crippen LogP contribution is 2.34. The molecular weight excluding hydrogens is 453 g/mol. The number of amides is 2. The van der Waals surface area contributed by atoms with Gasteiger partial charge in [-0.1, -0.05) is 12.1 Å². The monoisotopic (exact) mass is 467 g/mol. The van der Waals surface area contributed by atoms with E-state index in [-0.39, 0.29) is 39.7 Å². The number of thioether (sulfide) groups is 1. The molecule has 2 aromatic carbocycles. The van der Waals surface area contributed by atoms with Crippen LogP contribution in [0, 0.1) is 5.82 Å². The van der Waals surface area contributed by atoms with E-state index in [0.29, 0.717) is 5.56 Å². The minimum atomic E-state index is -1.29. The number of benzene rings is 2. The van der Waals surface area contributed by atoms with Crippen molar-refractivity contribution in [2.45, 2.75) is 6.54 Å². The van der Waals surface area contributed by atoms with E-state index < -0.39 is 28.9 Å². The van der Waals surface area contributed by atoms with Crippen molar-refractivity contribution in [2.75, 3.05) is 0 Å². The number of imide groups is 1. The highest BCUT2D eigenvalue weighted by atomic mass is 32.2. The lowest BCUT2D eigenvalue weighted by atomic mass is 10.0. The first-order valence-electron chi connectivity index (χ1n) is 9.43. The van der Waals surface area contributed by atoms with Crippen LogP contribution in [0.4, 0.5) is 9.18 Å². The van der Waals surface area contributed by atoms with Crippen LogP contribution in [0.5, 0.6) is 0 Å². The number of aromatic carboxylic acids is 2. The van der Waals surface area contributed by atoms with Gasteiger partial charge in [-0.2, -0.15) is 0 Å². The molecule has 33 heavy (non-hydrogen) atoms. The molecule has 0 atom stereocenters. The second kappa shape index (κ2) is 8.75. The van der Waals surface area contributed by atoms with Crippen molar-refractivity contribution in [2.24, 2.45) is 0 Å². The molecule has 2 amide bonds. The third-order valence-electron chi connectivity index (χ3n) is 4.74. The maximum absolute atomic E-state index is 13.1. The summed E-state index contributed by atoms with van der Waals surface area (Å²) in [6, 6.07) is 12.0. The summed E-state index contributed by atoms with van der Waals surface area (Å²) in [5.41, 5.74) is 0.388. The van der Waals surface area contributed by atoms with Crippen molar-refractivity contribution in [3.8, 4) is 11.3 Å². The zero-order chi connectivity index (χ0) is 23.7. The molecule has 1 saturated heterocycles. The van der Waals surface area contributed by atoms with Crippen LogP contribution in [-0.2, 0) is 11.3 Å². The average molecular weight is 467 g/mol. The van der Waals surface area contributed by atoms with Crippen LogP contribution in [0.2, 0.25) is 0 Å². The molecule has 1 aliphatic rings. The van der Waals surface area contributed by atoms with Gasteiger partial charge in [-0.05, 0) is 59.8 Å². The number of carboxylic acids is 2. The van der Waals surface area contributed by atoms with Gasteiger partial charge >= 0.3 is 11.9 Å². The molecule has 10 heteroatoms. The van der Waals surface area contributed by atoms with Gasteiger partial charge in [0.15, 0.2) is 0 Å². The number of carbonyl (C=O) groups excluding carboxylic acids is 2. The number of carboxylic acid groups (broad SMARTS) is 2. The molecule has 2 N–H and O–H groups in total. The van der Waals surface area contributed by atoms with E-state index in [4.69, 9.17) is 4.42 Å². The number of nitrogens with zero attached hydrogens (tertiary/aromatic N) is 1. The molecule has 0 aliphatic carbocycles. The molecule has 0 radical (unpaired) electrons. The fourth-order valence-corrected chi connectivity index (χ4v) is 3.96. The molecule has 1 aliphatic heterocycles. The fourth-order valence-electron chi connectivity index (χ4n) is 3.14. The summed E-state index contributed by atoms with van der Waals surface area (Å²) in [4.78, 5) is 48.7. The Kier molecular flexibility index (Phi) is 5.84. The van der Waals surface area contributed by atoms with E-state index in [9.17, 15) is 33.8 Å². The van der Waals surface area contributed by atoms with Gasteiger partial charge in [-0.25, -0.2) is 14.0 Å². The molecule has 8 nitrogen and oxygen atoms in total. The van der Waals surface area contributed by atoms with E-state index in [1.165, 1.54) is 54.6 Å². The summed E-state index contributed by atoms with van der Waals surface area (Å²) in [7, 11) is 0. The first-order chi connectivity index (χ1) is 15.7. The lowest BCUT2D eigenvalue weighted by molar-refractivity contribution is -0.123. The van der Waals surface area contributed by atoms with Gasteiger partial charge < -0.3 is 14.6 Å². The van der Waals surface area contributed by atoms with E-state index >= 15 is 0 Å². The highest BCUT2D eigenvalue weighted by molar-refractivity contribution is 8.18. The minimum Gasteiger partial charge on any atom is -0.478 e. The van der Waals surface area contributed by atoms with Crippen LogP contribution in [0.15, 0.2) is 63.9 Å². The number of halogens is 1. The second-order valence-corrected chi connectivity index (χ2v) is 8.00. The second-order valence-electron chi connectivity index (χ2n) is 7.01. The Morgan fingerprint density at radius 2 is 1.61 bits per heavy atom. The van der Waals surface area contributed by atoms with Gasteiger partial charge in [-0.15, -0.1) is 0 Å². The smallest absolute Gasteiger partial charge is 0.335 e. The fraction of sp³-hybridized carbons (Fsp3) is 0.0435. The standard InChI is InChI=1S/C23H14FNO7S/c24-16-3-1-12(2-4-16)11-25-20(26)19(33-23(25)31)10-17-5-6-18(32-17)13-7-14(21(27)28)9-15(8-13)22(29)30/h1-10H,11H2,(H,27,28)(H,29,30). The zero-order valence-electron chi connectivity index (χ0n) is 16.6. The largest absolute Gasteiger partial charge is 0.478 e. The predicted molar refractivity (Wildman–Crippen MR) is 116 cm³/mol. The summed E-state index contributed by atoms with van der Waals surface area (Å²) in [5.74, 6) is -3.13. The molecule has 0 bridgehead atoms. The van der Waals surface area contributed by atoms with Crippen LogP contribution >= 0.6 is 11.8 Å². The van der Waals surface area contributed by atoms with Crippen molar-refractivity contribution in [1.82, 2.24) is 4.90 Å². The molecule has 0 spiro atoms. The third kappa shape index (κ3) is 4.70. The lowest BCUT2D eigenvalue weighted by Crippen LogP contribution is -2.27. The van der Waals surface area contributed by atoms with E-state index in [1.54, 1.807) is 0 Å². The van der Waals surface area contributed by atoms with Gasteiger partial charge in [0.05, 0.1) is 22.6 Å². The number of hydrogen-bond acceptors (Lipinski definition) is 6. The molecule has 166 valence electrons. The average Bonchev–Trinajstić information content (AvgIpc) is 3.35. The Balaban J connectivity index is 1.58.